The number of rotatable bonds is 7. The smallest absolute Gasteiger partial charge is 0.223 e. The van der Waals surface area contributed by atoms with Gasteiger partial charge in [0.1, 0.15) is 4.21 Å². The fraction of sp³-hybridized carbons (Fsp3) is 0.643. The van der Waals surface area contributed by atoms with Gasteiger partial charge in [0, 0.05) is 10.8 Å². The molecule has 1 aromatic heterocycles. The van der Waals surface area contributed by atoms with Gasteiger partial charge in [-0.25, -0.2) is 8.42 Å². The number of carbonyl (C=O) groups is 1. The molecular weight excluding hydrogens is 294 g/mol. The lowest BCUT2D eigenvalue weighted by atomic mass is 10.2. The fourth-order valence-corrected chi connectivity index (χ4v) is 4.74. The molecule has 1 aliphatic carbocycles. The molecular formula is C14H21NO3S2. The largest absolute Gasteiger partial charge is 0.351 e. The molecule has 0 saturated heterocycles. The average Bonchev–Trinajstić information content (AvgIpc) is 3.02. The van der Waals surface area contributed by atoms with E-state index < -0.39 is 9.84 Å². The van der Waals surface area contributed by atoms with Crippen LogP contribution in [0.2, 0.25) is 0 Å². The van der Waals surface area contributed by atoms with Crippen LogP contribution in [0.5, 0.6) is 0 Å². The highest BCUT2D eigenvalue weighted by Gasteiger charge is 2.41. The first kappa shape index (κ1) is 15.5. The maximum absolute atomic E-state index is 11.9. The summed E-state index contributed by atoms with van der Waals surface area (Å²) >= 11 is 1.25. The Balaban J connectivity index is 1.85. The number of hydrogen-bond acceptors (Lipinski definition) is 4. The molecule has 0 unspecified atom stereocenters. The summed E-state index contributed by atoms with van der Waals surface area (Å²) in [6.07, 6.45) is 3.24. The zero-order chi connectivity index (χ0) is 14.8. The molecule has 1 heterocycles. The maximum Gasteiger partial charge on any atom is 0.223 e. The van der Waals surface area contributed by atoms with Crippen LogP contribution in [0.15, 0.2) is 16.3 Å². The van der Waals surface area contributed by atoms with E-state index in [1.807, 2.05) is 0 Å². The van der Waals surface area contributed by atoms with E-state index in [0.29, 0.717) is 16.7 Å². The van der Waals surface area contributed by atoms with Gasteiger partial charge in [0.25, 0.3) is 0 Å². The molecule has 1 N–H and O–H groups in total. The molecule has 1 amide bonds. The number of carbonyl (C=O) groups excluding carboxylic acids is 1. The molecule has 0 aromatic carbocycles. The second-order valence-corrected chi connectivity index (χ2v) is 8.91. The van der Waals surface area contributed by atoms with E-state index in [9.17, 15) is 13.2 Å². The van der Waals surface area contributed by atoms with Crippen LogP contribution in [0.1, 0.15) is 38.0 Å². The molecule has 0 spiro atoms. The van der Waals surface area contributed by atoms with Gasteiger partial charge in [-0.1, -0.05) is 20.3 Å². The van der Waals surface area contributed by atoms with Gasteiger partial charge in [0.05, 0.1) is 12.3 Å². The van der Waals surface area contributed by atoms with E-state index in [1.165, 1.54) is 11.3 Å². The normalized spacial score (nSPS) is 21.7. The molecule has 20 heavy (non-hydrogen) atoms. The Morgan fingerprint density at radius 1 is 1.40 bits per heavy atom. The molecule has 0 aliphatic heterocycles. The Hall–Kier alpha value is -0.880. The van der Waals surface area contributed by atoms with Crippen molar-refractivity contribution in [3.8, 4) is 0 Å². The quantitative estimate of drug-likeness (QED) is 0.841. The van der Waals surface area contributed by atoms with Gasteiger partial charge in [0.2, 0.25) is 5.91 Å². The molecule has 1 aliphatic rings. The summed E-state index contributed by atoms with van der Waals surface area (Å²) in [4.78, 5) is 12.8. The van der Waals surface area contributed by atoms with Crippen molar-refractivity contribution in [3.05, 3.63) is 17.0 Å². The van der Waals surface area contributed by atoms with Crippen LogP contribution in [0.3, 0.4) is 0 Å². The molecule has 0 radical (unpaired) electrons. The minimum atomic E-state index is -3.13. The summed E-state index contributed by atoms with van der Waals surface area (Å²) in [5.74, 6) is 0.949. The second-order valence-electron chi connectivity index (χ2n) is 5.23. The highest BCUT2D eigenvalue weighted by molar-refractivity contribution is 7.93. The third-order valence-corrected chi connectivity index (χ3v) is 7.08. The highest BCUT2D eigenvalue weighted by Crippen LogP contribution is 2.42. The number of nitrogens with one attached hydrogen (secondary N) is 1. The van der Waals surface area contributed by atoms with Crippen LogP contribution in [-0.2, 0) is 21.2 Å². The van der Waals surface area contributed by atoms with Gasteiger partial charge in [0.15, 0.2) is 9.84 Å². The Kier molecular flexibility index (Phi) is 4.86. The number of sulfone groups is 1. The Labute approximate surface area is 124 Å². The second kappa shape index (κ2) is 6.26. The molecule has 4 nitrogen and oxygen atoms in total. The Morgan fingerprint density at radius 3 is 2.80 bits per heavy atom. The predicted molar refractivity (Wildman–Crippen MR) is 80.4 cm³/mol. The summed E-state index contributed by atoms with van der Waals surface area (Å²) in [6.45, 7) is 4.20. The van der Waals surface area contributed by atoms with Gasteiger partial charge in [-0.3, -0.25) is 4.79 Å². The first-order chi connectivity index (χ1) is 9.47. The van der Waals surface area contributed by atoms with Crippen LogP contribution in [0.4, 0.5) is 0 Å². The maximum atomic E-state index is 11.9. The Bertz CT molecular complexity index is 577. The molecule has 6 heteroatoms. The van der Waals surface area contributed by atoms with Gasteiger partial charge < -0.3 is 5.32 Å². The van der Waals surface area contributed by atoms with Crippen LogP contribution in [-0.4, -0.2) is 20.1 Å². The minimum absolute atomic E-state index is 0.108. The van der Waals surface area contributed by atoms with Crippen LogP contribution < -0.4 is 5.32 Å². The number of amides is 1. The average molecular weight is 315 g/mol. The highest BCUT2D eigenvalue weighted by atomic mass is 32.2. The van der Waals surface area contributed by atoms with Gasteiger partial charge in [-0.2, -0.15) is 0 Å². The number of hydrogen-bond donors (Lipinski definition) is 1. The van der Waals surface area contributed by atoms with Crippen molar-refractivity contribution < 1.29 is 13.2 Å². The topological polar surface area (TPSA) is 63.2 Å². The van der Waals surface area contributed by atoms with Crippen molar-refractivity contribution in [1.29, 1.82) is 0 Å². The van der Waals surface area contributed by atoms with E-state index in [4.69, 9.17) is 0 Å². The summed E-state index contributed by atoms with van der Waals surface area (Å²) < 4.78 is 23.8. The SMILES string of the molecule is CCC[C@@H]1C[C@H]1C(=O)NCc1ccc(S(=O)(=O)CC)s1. The number of thiophene rings is 1. The third-order valence-electron chi connectivity index (χ3n) is 3.68. The molecule has 1 saturated carbocycles. The van der Waals surface area contributed by atoms with Crippen molar-refractivity contribution >= 4 is 27.1 Å². The van der Waals surface area contributed by atoms with Crippen molar-refractivity contribution in [2.24, 2.45) is 11.8 Å². The first-order valence-corrected chi connectivity index (χ1v) is 9.54. The Morgan fingerprint density at radius 2 is 2.15 bits per heavy atom. The van der Waals surface area contributed by atoms with Crippen molar-refractivity contribution in [2.45, 2.75) is 43.9 Å². The zero-order valence-corrected chi connectivity index (χ0v) is 13.5. The van der Waals surface area contributed by atoms with Gasteiger partial charge in [-0.05, 0) is 30.9 Å². The third kappa shape index (κ3) is 3.61. The van der Waals surface area contributed by atoms with Crippen molar-refractivity contribution in [3.63, 3.8) is 0 Å². The van der Waals surface area contributed by atoms with E-state index in [0.717, 1.165) is 24.1 Å². The summed E-state index contributed by atoms with van der Waals surface area (Å²) in [5, 5.41) is 2.91. The van der Waals surface area contributed by atoms with E-state index in [-0.39, 0.29) is 17.6 Å². The standard InChI is InChI=1S/C14H21NO3S2/c1-3-5-10-8-12(10)14(16)15-9-11-6-7-13(19-11)20(17,18)4-2/h6-7,10,12H,3-5,8-9H2,1-2H3,(H,15,16)/t10-,12-/m1/s1. The molecule has 2 atom stereocenters. The van der Waals surface area contributed by atoms with E-state index in [1.54, 1.807) is 19.1 Å². The molecule has 1 aromatic rings. The summed E-state index contributed by atoms with van der Waals surface area (Å²) in [6, 6.07) is 3.41. The minimum Gasteiger partial charge on any atom is -0.351 e. The van der Waals surface area contributed by atoms with Gasteiger partial charge in [-0.15, -0.1) is 11.3 Å². The molecule has 0 bridgehead atoms. The fourth-order valence-electron chi connectivity index (χ4n) is 2.33. The van der Waals surface area contributed by atoms with Crippen LogP contribution in [0.25, 0.3) is 0 Å². The van der Waals surface area contributed by atoms with E-state index in [2.05, 4.69) is 12.2 Å². The molecule has 2 rings (SSSR count). The van der Waals surface area contributed by atoms with Crippen LogP contribution in [0, 0.1) is 11.8 Å². The first-order valence-electron chi connectivity index (χ1n) is 7.07. The lowest BCUT2D eigenvalue weighted by Crippen LogP contribution is -2.24. The van der Waals surface area contributed by atoms with Crippen molar-refractivity contribution in [2.75, 3.05) is 5.75 Å². The lowest BCUT2D eigenvalue weighted by Gasteiger charge is -2.02. The molecule has 112 valence electrons. The summed E-state index contributed by atoms with van der Waals surface area (Å²) in [7, 11) is -3.13. The van der Waals surface area contributed by atoms with E-state index >= 15 is 0 Å². The predicted octanol–water partition coefficient (Wildman–Crippen LogP) is 2.59. The van der Waals surface area contributed by atoms with Crippen molar-refractivity contribution in [1.82, 2.24) is 5.32 Å². The zero-order valence-electron chi connectivity index (χ0n) is 11.9. The lowest BCUT2D eigenvalue weighted by molar-refractivity contribution is -0.122. The molecule has 1 fully saturated rings. The monoisotopic (exact) mass is 315 g/mol. The van der Waals surface area contributed by atoms with Gasteiger partial charge >= 0.3 is 0 Å². The summed E-state index contributed by atoms with van der Waals surface area (Å²) in [5.41, 5.74) is 0. The van der Waals surface area contributed by atoms with Crippen LogP contribution >= 0.6 is 11.3 Å².